The third kappa shape index (κ3) is 3.53. The van der Waals surface area contributed by atoms with Crippen LogP contribution in [0.4, 0.5) is 0 Å². The Kier molecular flexibility index (Phi) is 4.94. The van der Waals surface area contributed by atoms with E-state index < -0.39 is 0 Å². The molecule has 2 rings (SSSR count). The maximum Gasteiger partial charge on any atom is 0.189 e. The van der Waals surface area contributed by atoms with Gasteiger partial charge in [-0.1, -0.05) is 18.2 Å². The van der Waals surface area contributed by atoms with Gasteiger partial charge in [0.15, 0.2) is 5.78 Å². The number of ketones is 1. The lowest BCUT2D eigenvalue weighted by atomic mass is 10.1. The molecule has 4 heteroatoms. The van der Waals surface area contributed by atoms with Crippen molar-refractivity contribution < 1.29 is 14.3 Å². The van der Waals surface area contributed by atoms with E-state index in [4.69, 9.17) is 14.7 Å². The summed E-state index contributed by atoms with van der Waals surface area (Å²) in [6.45, 7) is 0. The lowest BCUT2D eigenvalue weighted by Gasteiger charge is -2.07. The number of hydrogen-bond acceptors (Lipinski definition) is 4. The van der Waals surface area contributed by atoms with Crippen LogP contribution in [0.15, 0.2) is 48.5 Å². The molecule has 0 saturated carbocycles. The number of nitrogens with zero attached hydrogens (tertiary/aromatic N) is 1. The number of methoxy groups -OCH3 is 2. The van der Waals surface area contributed by atoms with E-state index >= 15 is 0 Å². The zero-order valence-electron chi connectivity index (χ0n) is 12.4. The molecule has 0 aromatic heterocycles. The highest BCUT2D eigenvalue weighted by molar-refractivity contribution is 6.08. The SMILES string of the molecule is COc1ccc(C(=O)/C=C/c2cccc(C#N)c2)c(OC)c1. The number of hydrogen-bond donors (Lipinski definition) is 0. The van der Waals surface area contributed by atoms with E-state index in [2.05, 4.69) is 6.07 Å². The van der Waals surface area contributed by atoms with Crippen molar-refractivity contribution in [2.24, 2.45) is 0 Å². The van der Waals surface area contributed by atoms with Crippen molar-refractivity contribution >= 4 is 11.9 Å². The van der Waals surface area contributed by atoms with Gasteiger partial charge in [-0.05, 0) is 35.9 Å². The average Bonchev–Trinajstić information content (AvgIpc) is 2.59. The van der Waals surface area contributed by atoms with Crippen molar-refractivity contribution in [1.82, 2.24) is 0 Å². The smallest absolute Gasteiger partial charge is 0.189 e. The fourth-order valence-electron chi connectivity index (χ4n) is 1.98. The van der Waals surface area contributed by atoms with Gasteiger partial charge in [0.05, 0.1) is 31.4 Å². The third-order valence-electron chi connectivity index (χ3n) is 3.12. The number of nitriles is 1. The van der Waals surface area contributed by atoms with Crippen LogP contribution < -0.4 is 9.47 Å². The fourth-order valence-corrected chi connectivity index (χ4v) is 1.98. The summed E-state index contributed by atoms with van der Waals surface area (Å²) in [7, 11) is 3.06. The molecule has 0 unspecified atom stereocenters. The molecule has 22 heavy (non-hydrogen) atoms. The molecule has 0 radical (unpaired) electrons. The second-order valence-electron chi connectivity index (χ2n) is 4.50. The predicted molar refractivity (Wildman–Crippen MR) is 84.1 cm³/mol. The second kappa shape index (κ2) is 7.09. The maximum atomic E-state index is 12.3. The average molecular weight is 293 g/mol. The summed E-state index contributed by atoms with van der Waals surface area (Å²) < 4.78 is 10.3. The molecule has 0 bridgehead atoms. The maximum absolute atomic E-state index is 12.3. The van der Waals surface area contributed by atoms with Crippen molar-refractivity contribution in [3.63, 3.8) is 0 Å². The predicted octanol–water partition coefficient (Wildman–Crippen LogP) is 3.47. The van der Waals surface area contributed by atoms with Crippen LogP contribution in [-0.2, 0) is 0 Å². The van der Waals surface area contributed by atoms with E-state index in [0.29, 0.717) is 22.6 Å². The number of allylic oxidation sites excluding steroid dienone is 1. The molecule has 0 saturated heterocycles. The summed E-state index contributed by atoms with van der Waals surface area (Å²) in [5.74, 6) is 0.903. The molecule has 2 aromatic carbocycles. The summed E-state index contributed by atoms with van der Waals surface area (Å²) in [4.78, 5) is 12.3. The zero-order valence-corrected chi connectivity index (χ0v) is 12.4. The molecular weight excluding hydrogens is 278 g/mol. The molecule has 0 N–H and O–H groups in total. The van der Waals surface area contributed by atoms with Crippen molar-refractivity contribution in [2.45, 2.75) is 0 Å². The molecule has 0 aliphatic heterocycles. The number of rotatable bonds is 5. The molecule has 2 aromatic rings. The number of ether oxygens (including phenoxy) is 2. The molecule has 110 valence electrons. The van der Waals surface area contributed by atoms with Crippen LogP contribution in [-0.4, -0.2) is 20.0 Å². The van der Waals surface area contributed by atoms with Gasteiger partial charge >= 0.3 is 0 Å². The Hall–Kier alpha value is -3.06. The van der Waals surface area contributed by atoms with E-state index in [0.717, 1.165) is 5.56 Å². The van der Waals surface area contributed by atoms with Crippen LogP contribution >= 0.6 is 0 Å². The minimum absolute atomic E-state index is 0.179. The standard InChI is InChI=1S/C18H15NO3/c1-21-15-7-8-16(18(11-15)22-2)17(20)9-6-13-4-3-5-14(10-13)12-19/h3-11H,1-2H3/b9-6+. The first-order valence-electron chi connectivity index (χ1n) is 6.62. The van der Waals surface area contributed by atoms with Gasteiger partial charge in [0.25, 0.3) is 0 Å². The quantitative estimate of drug-likeness (QED) is 0.625. The third-order valence-corrected chi connectivity index (χ3v) is 3.12. The van der Waals surface area contributed by atoms with Gasteiger partial charge in [0.2, 0.25) is 0 Å². The van der Waals surface area contributed by atoms with Crippen molar-refractivity contribution in [3.05, 3.63) is 65.2 Å². The molecule has 0 heterocycles. The molecular formula is C18H15NO3. The lowest BCUT2D eigenvalue weighted by molar-refractivity contribution is 0.104. The van der Waals surface area contributed by atoms with Gasteiger partial charge < -0.3 is 9.47 Å². The Balaban J connectivity index is 2.25. The van der Waals surface area contributed by atoms with E-state index in [-0.39, 0.29) is 5.78 Å². The summed E-state index contributed by atoms with van der Waals surface area (Å²) in [6, 6.07) is 14.1. The second-order valence-corrected chi connectivity index (χ2v) is 4.50. The lowest BCUT2D eigenvalue weighted by Crippen LogP contribution is -1.99. The van der Waals surface area contributed by atoms with Crippen LogP contribution in [0.1, 0.15) is 21.5 Å². The Morgan fingerprint density at radius 3 is 2.64 bits per heavy atom. The van der Waals surface area contributed by atoms with E-state index in [1.165, 1.54) is 13.2 Å². The molecule has 0 fully saturated rings. The first kappa shape index (κ1) is 15.3. The highest BCUT2D eigenvalue weighted by atomic mass is 16.5. The van der Waals surface area contributed by atoms with Gasteiger partial charge in [0.1, 0.15) is 11.5 Å². The Morgan fingerprint density at radius 2 is 1.95 bits per heavy atom. The topological polar surface area (TPSA) is 59.3 Å². The number of carbonyl (C=O) groups is 1. The Labute approximate surface area is 129 Å². The van der Waals surface area contributed by atoms with E-state index in [1.807, 2.05) is 6.07 Å². The molecule has 0 aliphatic rings. The normalized spacial score (nSPS) is 10.2. The van der Waals surface area contributed by atoms with Gasteiger partial charge in [-0.25, -0.2) is 0 Å². The minimum Gasteiger partial charge on any atom is -0.497 e. The molecule has 0 spiro atoms. The van der Waals surface area contributed by atoms with Crippen LogP contribution in [0.3, 0.4) is 0 Å². The first-order chi connectivity index (χ1) is 10.7. The molecule has 0 amide bonds. The van der Waals surface area contributed by atoms with E-state index in [1.54, 1.807) is 49.6 Å². The zero-order chi connectivity index (χ0) is 15.9. The van der Waals surface area contributed by atoms with Crippen LogP contribution in [0, 0.1) is 11.3 Å². The monoisotopic (exact) mass is 293 g/mol. The van der Waals surface area contributed by atoms with Crippen LogP contribution in [0.25, 0.3) is 6.08 Å². The van der Waals surface area contributed by atoms with Gasteiger partial charge in [-0.2, -0.15) is 5.26 Å². The molecule has 4 nitrogen and oxygen atoms in total. The summed E-state index contributed by atoms with van der Waals surface area (Å²) in [6.07, 6.45) is 3.13. The van der Waals surface area contributed by atoms with Crippen LogP contribution in [0.2, 0.25) is 0 Å². The number of carbonyl (C=O) groups excluding carboxylic acids is 1. The summed E-state index contributed by atoms with van der Waals surface area (Å²) in [5, 5.41) is 8.87. The van der Waals surface area contributed by atoms with Crippen molar-refractivity contribution in [1.29, 1.82) is 5.26 Å². The first-order valence-corrected chi connectivity index (χ1v) is 6.62. The van der Waals surface area contributed by atoms with E-state index in [9.17, 15) is 4.79 Å². The molecule has 0 aliphatic carbocycles. The fraction of sp³-hybridized carbons (Fsp3) is 0.111. The van der Waals surface area contributed by atoms with Gasteiger partial charge in [-0.3, -0.25) is 4.79 Å². The Morgan fingerprint density at radius 1 is 1.14 bits per heavy atom. The molecule has 0 atom stereocenters. The van der Waals surface area contributed by atoms with Gasteiger partial charge in [-0.15, -0.1) is 0 Å². The van der Waals surface area contributed by atoms with Crippen LogP contribution in [0.5, 0.6) is 11.5 Å². The summed E-state index contributed by atoms with van der Waals surface area (Å²) >= 11 is 0. The Bertz CT molecular complexity index is 757. The van der Waals surface area contributed by atoms with Crippen molar-refractivity contribution in [2.75, 3.05) is 14.2 Å². The number of benzene rings is 2. The minimum atomic E-state index is -0.179. The van der Waals surface area contributed by atoms with Gasteiger partial charge in [0, 0.05) is 6.07 Å². The van der Waals surface area contributed by atoms with Crippen molar-refractivity contribution in [3.8, 4) is 17.6 Å². The highest BCUT2D eigenvalue weighted by Crippen LogP contribution is 2.25. The summed E-state index contributed by atoms with van der Waals surface area (Å²) in [5.41, 5.74) is 1.80. The largest absolute Gasteiger partial charge is 0.497 e. The highest BCUT2D eigenvalue weighted by Gasteiger charge is 2.10.